The van der Waals surface area contributed by atoms with Crippen LogP contribution in [0.15, 0.2) is 36.4 Å². The minimum atomic E-state index is 0.470. The molecule has 0 aromatic heterocycles. The second-order valence-electron chi connectivity index (χ2n) is 5.06. The van der Waals surface area contributed by atoms with Gasteiger partial charge in [0.15, 0.2) is 11.5 Å². The summed E-state index contributed by atoms with van der Waals surface area (Å²) in [7, 11) is 0. The molecule has 0 spiro atoms. The molecule has 112 valence electrons. The molecule has 0 saturated carbocycles. The van der Waals surface area contributed by atoms with Gasteiger partial charge in [-0.2, -0.15) is 0 Å². The van der Waals surface area contributed by atoms with Crippen molar-refractivity contribution in [3.8, 4) is 11.5 Å². The van der Waals surface area contributed by atoms with Gasteiger partial charge in [0, 0.05) is 5.88 Å². The van der Waals surface area contributed by atoms with Crippen molar-refractivity contribution in [3.63, 3.8) is 0 Å². The van der Waals surface area contributed by atoms with E-state index in [1.165, 1.54) is 11.1 Å². The molecular formula is C18H21ClO2. The van der Waals surface area contributed by atoms with Crippen LogP contribution in [0.1, 0.15) is 29.2 Å². The van der Waals surface area contributed by atoms with Gasteiger partial charge in [-0.05, 0) is 55.2 Å². The Balaban J connectivity index is 2.13. The zero-order chi connectivity index (χ0) is 15.2. The third kappa shape index (κ3) is 4.15. The van der Waals surface area contributed by atoms with Gasteiger partial charge in [-0.1, -0.05) is 24.3 Å². The highest BCUT2D eigenvalue weighted by atomic mass is 35.5. The SMILES string of the molecule is CCOc1cc(CCl)ccc1OCc1ccc(C)c(C)c1. The van der Waals surface area contributed by atoms with Crippen molar-refractivity contribution in [1.29, 1.82) is 0 Å². The number of halogens is 1. The number of ether oxygens (including phenoxy) is 2. The fourth-order valence-electron chi connectivity index (χ4n) is 2.08. The van der Waals surface area contributed by atoms with E-state index in [2.05, 4.69) is 32.0 Å². The van der Waals surface area contributed by atoms with Crippen molar-refractivity contribution in [1.82, 2.24) is 0 Å². The summed E-state index contributed by atoms with van der Waals surface area (Å²) in [6.45, 7) is 7.31. The molecule has 0 saturated heterocycles. The van der Waals surface area contributed by atoms with Crippen LogP contribution in [-0.2, 0) is 12.5 Å². The first-order chi connectivity index (χ1) is 10.1. The van der Waals surface area contributed by atoms with Crippen molar-refractivity contribution in [2.45, 2.75) is 33.3 Å². The zero-order valence-electron chi connectivity index (χ0n) is 12.8. The number of hydrogen-bond acceptors (Lipinski definition) is 2. The van der Waals surface area contributed by atoms with E-state index >= 15 is 0 Å². The highest BCUT2D eigenvalue weighted by Crippen LogP contribution is 2.30. The van der Waals surface area contributed by atoms with E-state index in [-0.39, 0.29) is 0 Å². The Labute approximate surface area is 131 Å². The highest BCUT2D eigenvalue weighted by molar-refractivity contribution is 6.17. The molecule has 2 nitrogen and oxygen atoms in total. The zero-order valence-corrected chi connectivity index (χ0v) is 13.5. The van der Waals surface area contributed by atoms with Crippen molar-refractivity contribution < 1.29 is 9.47 Å². The molecule has 21 heavy (non-hydrogen) atoms. The van der Waals surface area contributed by atoms with E-state index in [1.807, 2.05) is 25.1 Å². The van der Waals surface area contributed by atoms with Crippen molar-refractivity contribution in [3.05, 3.63) is 58.7 Å². The van der Waals surface area contributed by atoms with Crippen molar-refractivity contribution >= 4 is 11.6 Å². The Bertz CT molecular complexity index is 608. The minimum Gasteiger partial charge on any atom is -0.490 e. The van der Waals surface area contributed by atoms with Gasteiger partial charge in [-0.15, -0.1) is 11.6 Å². The van der Waals surface area contributed by atoms with Crippen LogP contribution >= 0.6 is 11.6 Å². The van der Waals surface area contributed by atoms with Crippen LogP contribution in [0, 0.1) is 13.8 Å². The number of aryl methyl sites for hydroxylation is 2. The Morgan fingerprint density at radius 3 is 2.29 bits per heavy atom. The van der Waals surface area contributed by atoms with Gasteiger partial charge in [0.05, 0.1) is 6.61 Å². The molecule has 0 heterocycles. The summed E-state index contributed by atoms with van der Waals surface area (Å²) in [6, 6.07) is 12.2. The van der Waals surface area contributed by atoms with E-state index in [0.29, 0.717) is 19.1 Å². The summed E-state index contributed by atoms with van der Waals surface area (Å²) in [6.07, 6.45) is 0. The third-order valence-corrected chi connectivity index (χ3v) is 3.74. The lowest BCUT2D eigenvalue weighted by atomic mass is 10.1. The van der Waals surface area contributed by atoms with Crippen LogP contribution < -0.4 is 9.47 Å². The molecule has 0 aliphatic carbocycles. The lowest BCUT2D eigenvalue weighted by Gasteiger charge is -2.13. The van der Waals surface area contributed by atoms with Crippen LogP contribution in [0.5, 0.6) is 11.5 Å². The van der Waals surface area contributed by atoms with Crippen molar-refractivity contribution in [2.75, 3.05) is 6.61 Å². The first-order valence-electron chi connectivity index (χ1n) is 7.14. The van der Waals surface area contributed by atoms with Crippen LogP contribution in [0.4, 0.5) is 0 Å². The molecule has 0 bridgehead atoms. The second kappa shape index (κ2) is 7.37. The summed E-state index contributed by atoms with van der Waals surface area (Å²) in [5, 5.41) is 0. The van der Waals surface area contributed by atoms with Gasteiger partial charge in [-0.3, -0.25) is 0 Å². The molecule has 0 atom stereocenters. The summed E-state index contributed by atoms with van der Waals surface area (Å²) >= 11 is 5.86. The summed E-state index contributed by atoms with van der Waals surface area (Å²) < 4.78 is 11.5. The standard InChI is InChI=1S/C18H21ClO2/c1-4-20-18-10-15(11-19)7-8-17(18)21-12-16-6-5-13(2)14(3)9-16/h5-10H,4,11-12H2,1-3H3. The monoisotopic (exact) mass is 304 g/mol. The molecule has 2 rings (SSSR count). The number of alkyl halides is 1. The predicted molar refractivity (Wildman–Crippen MR) is 87.4 cm³/mol. The van der Waals surface area contributed by atoms with E-state index in [1.54, 1.807) is 0 Å². The van der Waals surface area contributed by atoms with E-state index in [0.717, 1.165) is 22.6 Å². The Kier molecular flexibility index (Phi) is 5.51. The maximum absolute atomic E-state index is 5.90. The number of benzene rings is 2. The van der Waals surface area contributed by atoms with Crippen LogP contribution in [0.2, 0.25) is 0 Å². The lowest BCUT2D eigenvalue weighted by Crippen LogP contribution is -2.00. The first-order valence-corrected chi connectivity index (χ1v) is 7.68. The number of hydrogen-bond donors (Lipinski definition) is 0. The topological polar surface area (TPSA) is 18.5 Å². The van der Waals surface area contributed by atoms with Gasteiger partial charge < -0.3 is 9.47 Å². The van der Waals surface area contributed by atoms with Gasteiger partial charge in [0.25, 0.3) is 0 Å². The summed E-state index contributed by atoms with van der Waals surface area (Å²) in [4.78, 5) is 0. The van der Waals surface area contributed by atoms with Crippen LogP contribution in [-0.4, -0.2) is 6.61 Å². The predicted octanol–water partition coefficient (Wildman–Crippen LogP) is 5.02. The van der Waals surface area contributed by atoms with E-state index < -0.39 is 0 Å². The highest BCUT2D eigenvalue weighted by Gasteiger charge is 2.07. The Hall–Kier alpha value is -1.67. The summed E-state index contributed by atoms with van der Waals surface area (Å²) in [5.41, 5.74) is 4.75. The smallest absolute Gasteiger partial charge is 0.161 e. The molecule has 0 radical (unpaired) electrons. The maximum atomic E-state index is 5.90. The van der Waals surface area contributed by atoms with Crippen molar-refractivity contribution in [2.24, 2.45) is 0 Å². The van der Waals surface area contributed by atoms with Crippen LogP contribution in [0.25, 0.3) is 0 Å². The third-order valence-electron chi connectivity index (χ3n) is 3.43. The largest absolute Gasteiger partial charge is 0.490 e. The molecule has 0 amide bonds. The molecular weight excluding hydrogens is 284 g/mol. The Morgan fingerprint density at radius 2 is 1.62 bits per heavy atom. The fourth-order valence-corrected chi connectivity index (χ4v) is 2.24. The van der Waals surface area contributed by atoms with Gasteiger partial charge in [0.2, 0.25) is 0 Å². The molecule has 0 aliphatic heterocycles. The average Bonchev–Trinajstić information content (AvgIpc) is 2.49. The first kappa shape index (κ1) is 15.7. The normalized spacial score (nSPS) is 10.5. The van der Waals surface area contributed by atoms with Crippen LogP contribution in [0.3, 0.4) is 0 Å². The maximum Gasteiger partial charge on any atom is 0.161 e. The molecule has 0 unspecified atom stereocenters. The molecule has 2 aromatic rings. The molecule has 2 aromatic carbocycles. The van der Waals surface area contributed by atoms with E-state index in [9.17, 15) is 0 Å². The van der Waals surface area contributed by atoms with E-state index in [4.69, 9.17) is 21.1 Å². The lowest BCUT2D eigenvalue weighted by molar-refractivity contribution is 0.269. The Morgan fingerprint density at radius 1 is 0.857 bits per heavy atom. The molecule has 0 aliphatic rings. The quantitative estimate of drug-likeness (QED) is 0.698. The molecule has 0 fully saturated rings. The fraction of sp³-hybridized carbons (Fsp3) is 0.333. The average molecular weight is 305 g/mol. The van der Waals surface area contributed by atoms with Gasteiger partial charge in [-0.25, -0.2) is 0 Å². The molecule has 0 N–H and O–H groups in total. The van der Waals surface area contributed by atoms with Gasteiger partial charge >= 0.3 is 0 Å². The molecule has 3 heteroatoms. The number of rotatable bonds is 6. The van der Waals surface area contributed by atoms with Gasteiger partial charge in [0.1, 0.15) is 6.61 Å². The second-order valence-corrected chi connectivity index (χ2v) is 5.32. The minimum absolute atomic E-state index is 0.470. The summed E-state index contributed by atoms with van der Waals surface area (Å²) in [5.74, 6) is 1.97.